The van der Waals surface area contributed by atoms with Crippen LogP contribution in [0.4, 0.5) is 4.79 Å². The number of hydrogen-bond acceptors (Lipinski definition) is 4. The average Bonchev–Trinajstić information content (AvgIpc) is 2.36. The summed E-state index contributed by atoms with van der Waals surface area (Å²) >= 11 is 2.52. The molecule has 1 aromatic heterocycles. The monoisotopic (exact) mass is 203 g/mol. The maximum Gasteiger partial charge on any atom is 0.364 e. The third kappa shape index (κ3) is 2.83. The number of hydrogen-bond donors (Lipinski definition) is 1. The molecule has 0 unspecified atom stereocenters. The van der Waals surface area contributed by atoms with E-state index in [0.717, 1.165) is 23.9 Å². The Morgan fingerprint density at radius 2 is 2.58 bits per heavy atom. The van der Waals surface area contributed by atoms with Gasteiger partial charge in [0.1, 0.15) is 0 Å². The van der Waals surface area contributed by atoms with Crippen molar-refractivity contribution in [2.24, 2.45) is 0 Å². The standard InChI is InChI=1S/C7H9NO2S2/c1-5-6(12-4-8-5)2-3-11-7(9)10/h4H,2-3H2,1H3,(H,9,10). The molecule has 0 radical (unpaired) electrons. The fourth-order valence-corrected chi connectivity index (χ4v) is 2.19. The zero-order chi connectivity index (χ0) is 8.97. The van der Waals surface area contributed by atoms with Crippen molar-refractivity contribution in [3.05, 3.63) is 16.1 Å². The smallest absolute Gasteiger partial charge is 0.364 e. The minimum absolute atomic E-state index is 0.623. The highest BCUT2D eigenvalue weighted by Crippen LogP contribution is 2.15. The van der Waals surface area contributed by atoms with Crippen LogP contribution in [0.3, 0.4) is 0 Å². The van der Waals surface area contributed by atoms with Crippen LogP contribution < -0.4 is 0 Å². The number of carboxylic acid groups (broad SMARTS) is 1. The van der Waals surface area contributed by atoms with E-state index in [4.69, 9.17) is 5.11 Å². The van der Waals surface area contributed by atoms with Gasteiger partial charge in [-0.1, -0.05) is 0 Å². The fraction of sp³-hybridized carbons (Fsp3) is 0.429. The van der Waals surface area contributed by atoms with Crippen molar-refractivity contribution in [1.29, 1.82) is 0 Å². The molecule has 3 nitrogen and oxygen atoms in total. The molecule has 0 aliphatic heterocycles. The summed E-state index contributed by atoms with van der Waals surface area (Å²) < 4.78 is 0. The van der Waals surface area contributed by atoms with Gasteiger partial charge in [0.15, 0.2) is 0 Å². The van der Waals surface area contributed by atoms with Crippen LogP contribution in [0.1, 0.15) is 10.6 Å². The fourth-order valence-electron chi connectivity index (χ4n) is 0.797. The summed E-state index contributed by atoms with van der Waals surface area (Å²) in [7, 11) is 0. The van der Waals surface area contributed by atoms with Crippen molar-refractivity contribution in [2.45, 2.75) is 13.3 Å². The molecule has 1 rings (SSSR count). The van der Waals surface area contributed by atoms with Crippen molar-refractivity contribution in [3.8, 4) is 0 Å². The van der Waals surface area contributed by atoms with Crippen LogP contribution in [-0.2, 0) is 6.42 Å². The SMILES string of the molecule is Cc1ncsc1CCSC(=O)O. The van der Waals surface area contributed by atoms with Gasteiger partial charge in [-0.2, -0.15) is 0 Å². The molecule has 0 saturated carbocycles. The second-order valence-corrected chi connectivity index (χ2v) is 4.21. The minimum Gasteiger partial charge on any atom is -0.473 e. The van der Waals surface area contributed by atoms with Gasteiger partial charge >= 0.3 is 5.30 Å². The Bertz CT molecular complexity index is 272. The quantitative estimate of drug-likeness (QED) is 0.819. The van der Waals surface area contributed by atoms with E-state index in [2.05, 4.69) is 4.98 Å². The lowest BCUT2D eigenvalue weighted by Gasteiger charge is -1.94. The molecule has 5 heteroatoms. The van der Waals surface area contributed by atoms with Gasteiger partial charge in [0, 0.05) is 10.6 Å². The Morgan fingerprint density at radius 3 is 3.08 bits per heavy atom. The second-order valence-electron chi connectivity index (χ2n) is 2.23. The van der Waals surface area contributed by atoms with Crippen LogP contribution in [0.5, 0.6) is 0 Å². The zero-order valence-corrected chi connectivity index (χ0v) is 8.24. The van der Waals surface area contributed by atoms with Crippen LogP contribution >= 0.6 is 23.1 Å². The predicted octanol–water partition coefficient (Wildman–Crippen LogP) is 2.41. The summed E-state index contributed by atoms with van der Waals surface area (Å²) in [5.74, 6) is 0.623. The molecule has 66 valence electrons. The molecular weight excluding hydrogens is 194 g/mol. The molecule has 1 N–H and O–H groups in total. The number of rotatable bonds is 3. The van der Waals surface area contributed by atoms with Gasteiger partial charge in [-0.05, 0) is 25.1 Å². The van der Waals surface area contributed by atoms with Gasteiger partial charge in [0.25, 0.3) is 0 Å². The van der Waals surface area contributed by atoms with Crippen LogP contribution in [0.15, 0.2) is 5.51 Å². The normalized spacial score (nSPS) is 10.1. The molecule has 0 atom stereocenters. The maximum atomic E-state index is 10.2. The molecule has 0 bridgehead atoms. The molecule has 12 heavy (non-hydrogen) atoms. The van der Waals surface area contributed by atoms with Crippen molar-refractivity contribution in [3.63, 3.8) is 0 Å². The molecule has 0 fully saturated rings. The molecule has 0 aromatic carbocycles. The Labute approximate surface area is 78.8 Å². The van der Waals surface area contributed by atoms with Crippen LogP contribution in [0.25, 0.3) is 0 Å². The molecule has 0 spiro atoms. The van der Waals surface area contributed by atoms with E-state index in [1.165, 1.54) is 4.88 Å². The van der Waals surface area contributed by atoms with Gasteiger partial charge in [-0.15, -0.1) is 11.3 Å². The van der Waals surface area contributed by atoms with Gasteiger partial charge in [0.05, 0.1) is 11.2 Å². The Hall–Kier alpha value is -0.550. The first-order valence-electron chi connectivity index (χ1n) is 3.45. The Morgan fingerprint density at radius 1 is 1.83 bits per heavy atom. The number of nitrogens with zero attached hydrogens (tertiary/aromatic N) is 1. The highest BCUT2D eigenvalue weighted by atomic mass is 32.2. The number of aromatic nitrogens is 1. The van der Waals surface area contributed by atoms with Crippen molar-refractivity contribution in [1.82, 2.24) is 4.98 Å². The lowest BCUT2D eigenvalue weighted by molar-refractivity contribution is 0.222. The van der Waals surface area contributed by atoms with Gasteiger partial charge < -0.3 is 5.11 Å². The van der Waals surface area contributed by atoms with E-state index in [1.807, 2.05) is 6.92 Å². The van der Waals surface area contributed by atoms with Crippen LogP contribution in [0.2, 0.25) is 0 Å². The van der Waals surface area contributed by atoms with E-state index in [1.54, 1.807) is 16.8 Å². The van der Waals surface area contributed by atoms with Gasteiger partial charge in [0.2, 0.25) is 0 Å². The lowest BCUT2D eigenvalue weighted by atomic mass is 10.3. The first-order chi connectivity index (χ1) is 5.70. The second kappa shape index (κ2) is 4.47. The van der Waals surface area contributed by atoms with Crippen molar-refractivity contribution in [2.75, 3.05) is 5.75 Å². The minimum atomic E-state index is -0.808. The highest BCUT2D eigenvalue weighted by molar-refractivity contribution is 8.13. The number of thiazole rings is 1. The van der Waals surface area contributed by atoms with E-state index >= 15 is 0 Å². The largest absolute Gasteiger partial charge is 0.473 e. The first kappa shape index (κ1) is 9.54. The number of carbonyl (C=O) groups is 1. The Kier molecular flexibility index (Phi) is 3.55. The summed E-state index contributed by atoms with van der Waals surface area (Å²) in [6.07, 6.45) is 0.799. The third-order valence-electron chi connectivity index (χ3n) is 1.40. The van der Waals surface area contributed by atoms with Crippen LogP contribution in [0, 0.1) is 6.92 Å². The number of thioether (sulfide) groups is 1. The topological polar surface area (TPSA) is 50.2 Å². The van der Waals surface area contributed by atoms with E-state index in [9.17, 15) is 4.79 Å². The molecule has 1 aromatic rings. The summed E-state index contributed by atoms with van der Waals surface area (Å²) in [5, 5.41) is 7.55. The summed E-state index contributed by atoms with van der Waals surface area (Å²) in [6.45, 7) is 1.94. The van der Waals surface area contributed by atoms with Crippen molar-refractivity contribution < 1.29 is 9.90 Å². The van der Waals surface area contributed by atoms with Gasteiger partial charge in [-0.25, -0.2) is 9.78 Å². The van der Waals surface area contributed by atoms with Crippen molar-refractivity contribution >= 4 is 28.4 Å². The molecule has 0 aliphatic rings. The first-order valence-corrected chi connectivity index (χ1v) is 5.31. The molecular formula is C7H9NO2S2. The summed E-state index contributed by atoms with van der Waals surface area (Å²) in [4.78, 5) is 15.4. The van der Waals surface area contributed by atoms with Crippen LogP contribution in [-0.4, -0.2) is 21.1 Å². The number of aryl methyl sites for hydroxylation is 2. The zero-order valence-electron chi connectivity index (χ0n) is 6.61. The molecule has 0 amide bonds. The van der Waals surface area contributed by atoms with E-state index in [0.29, 0.717) is 5.75 Å². The Balaban J connectivity index is 2.33. The predicted molar refractivity (Wildman–Crippen MR) is 51.0 cm³/mol. The van der Waals surface area contributed by atoms with Gasteiger partial charge in [-0.3, -0.25) is 0 Å². The molecule has 1 heterocycles. The van der Waals surface area contributed by atoms with E-state index < -0.39 is 5.30 Å². The average molecular weight is 203 g/mol. The summed E-state index contributed by atoms with van der Waals surface area (Å²) in [6, 6.07) is 0. The lowest BCUT2D eigenvalue weighted by Crippen LogP contribution is -1.92. The van der Waals surface area contributed by atoms with E-state index in [-0.39, 0.29) is 0 Å². The summed E-state index contributed by atoms with van der Waals surface area (Å²) in [5.41, 5.74) is 2.81. The third-order valence-corrected chi connectivity index (χ3v) is 3.05. The maximum absolute atomic E-state index is 10.2. The molecule has 0 aliphatic carbocycles. The molecule has 0 saturated heterocycles. The highest BCUT2D eigenvalue weighted by Gasteiger charge is 2.02.